The molecule has 0 atom stereocenters. The smallest absolute Gasteiger partial charge is 0.179 e. The van der Waals surface area contributed by atoms with Crippen molar-refractivity contribution in [2.75, 3.05) is 7.11 Å². The van der Waals surface area contributed by atoms with Gasteiger partial charge in [0.05, 0.1) is 11.6 Å². The number of benzene rings is 1. The lowest BCUT2D eigenvalue weighted by molar-refractivity contribution is 0.284. The Bertz CT molecular complexity index is 416. The molecule has 2 nitrogen and oxygen atoms in total. The molecule has 1 aromatic carbocycles. The monoisotopic (exact) mass is 301 g/mol. The molecule has 0 amide bonds. The Balaban J connectivity index is 2.47. The summed E-state index contributed by atoms with van der Waals surface area (Å²) >= 11 is 3.17. The van der Waals surface area contributed by atoms with Crippen LogP contribution in [-0.2, 0) is 5.54 Å². The summed E-state index contributed by atoms with van der Waals surface area (Å²) in [5.41, 5.74) is 6.77. The number of rotatable bonds is 2. The predicted octanol–water partition coefficient (Wildman–Crippen LogP) is 3.71. The zero-order chi connectivity index (χ0) is 12.5. The van der Waals surface area contributed by atoms with Crippen molar-refractivity contribution < 1.29 is 9.13 Å². The van der Waals surface area contributed by atoms with Crippen LogP contribution in [-0.4, -0.2) is 7.11 Å². The molecule has 0 unspecified atom stereocenters. The van der Waals surface area contributed by atoms with Gasteiger partial charge in [0.15, 0.2) is 11.6 Å². The van der Waals surface area contributed by atoms with Crippen LogP contribution in [0.25, 0.3) is 0 Å². The third kappa shape index (κ3) is 2.33. The molecule has 0 heterocycles. The van der Waals surface area contributed by atoms with Crippen molar-refractivity contribution in [3.63, 3.8) is 0 Å². The molecule has 2 rings (SSSR count). The standard InChI is InChI=1S/C13H17BrFNO/c1-17-12-9(5-6-10(14)11(12)15)13(16)7-3-2-4-8-13/h5-6H,2-4,7-8,16H2,1H3. The normalized spacial score (nSPS) is 19.1. The highest BCUT2D eigenvalue weighted by Crippen LogP contribution is 2.41. The minimum absolute atomic E-state index is 0.281. The van der Waals surface area contributed by atoms with Crippen LogP contribution in [0.15, 0.2) is 16.6 Å². The Morgan fingerprint density at radius 2 is 1.94 bits per heavy atom. The second kappa shape index (κ2) is 4.94. The predicted molar refractivity (Wildman–Crippen MR) is 69.6 cm³/mol. The van der Waals surface area contributed by atoms with Gasteiger partial charge in [-0.1, -0.05) is 25.3 Å². The average molecular weight is 302 g/mol. The Kier molecular flexibility index (Phi) is 3.73. The second-order valence-corrected chi connectivity index (χ2v) is 5.51. The fraction of sp³-hybridized carbons (Fsp3) is 0.538. The maximum Gasteiger partial charge on any atom is 0.179 e. The van der Waals surface area contributed by atoms with Crippen LogP contribution < -0.4 is 10.5 Å². The molecule has 17 heavy (non-hydrogen) atoms. The third-order valence-electron chi connectivity index (χ3n) is 3.54. The zero-order valence-electron chi connectivity index (χ0n) is 9.93. The van der Waals surface area contributed by atoms with Gasteiger partial charge in [0, 0.05) is 11.1 Å². The van der Waals surface area contributed by atoms with Gasteiger partial charge in [0.2, 0.25) is 0 Å². The lowest BCUT2D eigenvalue weighted by Crippen LogP contribution is -2.39. The highest BCUT2D eigenvalue weighted by Gasteiger charge is 2.33. The summed E-state index contributed by atoms with van der Waals surface area (Å²) < 4.78 is 19.6. The summed E-state index contributed by atoms with van der Waals surface area (Å²) in [6, 6.07) is 3.58. The molecule has 94 valence electrons. The van der Waals surface area contributed by atoms with Crippen LogP contribution in [0, 0.1) is 5.82 Å². The van der Waals surface area contributed by atoms with Gasteiger partial charge in [-0.2, -0.15) is 0 Å². The molecule has 0 aromatic heterocycles. The van der Waals surface area contributed by atoms with E-state index in [0.29, 0.717) is 4.47 Å². The van der Waals surface area contributed by atoms with Gasteiger partial charge in [0.1, 0.15) is 0 Å². The van der Waals surface area contributed by atoms with Crippen LogP contribution in [0.5, 0.6) is 5.75 Å². The van der Waals surface area contributed by atoms with E-state index < -0.39 is 5.54 Å². The molecule has 0 spiro atoms. The molecule has 4 heteroatoms. The lowest BCUT2D eigenvalue weighted by Gasteiger charge is -2.35. The molecule has 2 N–H and O–H groups in total. The van der Waals surface area contributed by atoms with E-state index in [0.717, 1.165) is 31.2 Å². The van der Waals surface area contributed by atoms with Crippen LogP contribution in [0.3, 0.4) is 0 Å². The Hall–Kier alpha value is -0.610. The fourth-order valence-corrected chi connectivity index (χ4v) is 2.89. The largest absolute Gasteiger partial charge is 0.493 e. The van der Waals surface area contributed by atoms with E-state index in [9.17, 15) is 4.39 Å². The summed E-state index contributed by atoms with van der Waals surface area (Å²) in [6.07, 6.45) is 5.18. The molecule has 1 aliphatic carbocycles. The van der Waals surface area contributed by atoms with E-state index in [2.05, 4.69) is 15.9 Å². The first-order valence-corrected chi connectivity index (χ1v) is 6.69. The van der Waals surface area contributed by atoms with Crippen molar-refractivity contribution in [2.24, 2.45) is 5.73 Å². The van der Waals surface area contributed by atoms with Crippen LogP contribution in [0.2, 0.25) is 0 Å². The van der Waals surface area contributed by atoms with E-state index in [1.54, 1.807) is 6.07 Å². The van der Waals surface area contributed by atoms with Gasteiger partial charge in [-0.15, -0.1) is 0 Å². The van der Waals surface area contributed by atoms with Crippen LogP contribution in [0.1, 0.15) is 37.7 Å². The number of methoxy groups -OCH3 is 1. The number of ether oxygens (including phenoxy) is 1. The molecule has 0 bridgehead atoms. The maximum atomic E-state index is 14.0. The van der Waals surface area contributed by atoms with Gasteiger partial charge in [-0.05, 0) is 34.8 Å². The Morgan fingerprint density at radius 1 is 1.29 bits per heavy atom. The molecular weight excluding hydrogens is 285 g/mol. The average Bonchev–Trinajstić information content (AvgIpc) is 2.33. The molecule has 0 radical (unpaired) electrons. The summed E-state index contributed by atoms with van der Waals surface area (Å²) in [7, 11) is 1.49. The number of hydrogen-bond acceptors (Lipinski definition) is 2. The van der Waals surface area contributed by atoms with Crippen molar-refractivity contribution in [3.8, 4) is 5.75 Å². The SMILES string of the molecule is COc1c(C2(N)CCCCC2)ccc(Br)c1F. The van der Waals surface area contributed by atoms with Gasteiger partial charge in [-0.25, -0.2) is 4.39 Å². The van der Waals surface area contributed by atoms with Crippen molar-refractivity contribution in [3.05, 3.63) is 28.0 Å². The van der Waals surface area contributed by atoms with Crippen LogP contribution in [0.4, 0.5) is 4.39 Å². The number of halogens is 2. The minimum atomic E-state index is -0.439. The van der Waals surface area contributed by atoms with Crippen LogP contribution >= 0.6 is 15.9 Å². The summed E-state index contributed by atoms with van der Waals surface area (Å²) in [5.74, 6) is -0.0795. The lowest BCUT2D eigenvalue weighted by atomic mass is 9.77. The highest BCUT2D eigenvalue weighted by molar-refractivity contribution is 9.10. The van der Waals surface area contributed by atoms with Crippen molar-refractivity contribution in [1.82, 2.24) is 0 Å². The van der Waals surface area contributed by atoms with Gasteiger partial charge in [-0.3, -0.25) is 0 Å². The van der Waals surface area contributed by atoms with E-state index in [4.69, 9.17) is 10.5 Å². The third-order valence-corrected chi connectivity index (χ3v) is 4.15. The van der Waals surface area contributed by atoms with E-state index in [1.165, 1.54) is 13.5 Å². The van der Waals surface area contributed by atoms with Crippen molar-refractivity contribution >= 4 is 15.9 Å². The minimum Gasteiger partial charge on any atom is -0.493 e. The van der Waals surface area contributed by atoms with Gasteiger partial charge >= 0.3 is 0 Å². The number of hydrogen-bond donors (Lipinski definition) is 1. The molecular formula is C13H17BrFNO. The van der Waals surface area contributed by atoms with E-state index >= 15 is 0 Å². The van der Waals surface area contributed by atoms with E-state index in [1.807, 2.05) is 6.07 Å². The molecule has 1 saturated carbocycles. The fourth-order valence-electron chi connectivity index (χ4n) is 2.58. The first-order valence-electron chi connectivity index (χ1n) is 5.90. The van der Waals surface area contributed by atoms with Crippen molar-refractivity contribution in [1.29, 1.82) is 0 Å². The Labute approximate surface area is 109 Å². The Morgan fingerprint density at radius 3 is 2.53 bits per heavy atom. The van der Waals surface area contributed by atoms with Crippen molar-refractivity contribution in [2.45, 2.75) is 37.6 Å². The second-order valence-electron chi connectivity index (χ2n) is 4.66. The molecule has 1 fully saturated rings. The molecule has 1 aromatic rings. The number of nitrogens with two attached hydrogens (primary N) is 1. The maximum absolute atomic E-state index is 14.0. The molecule has 0 aliphatic heterocycles. The first-order chi connectivity index (χ1) is 8.08. The van der Waals surface area contributed by atoms with E-state index in [-0.39, 0.29) is 11.6 Å². The quantitative estimate of drug-likeness (QED) is 0.903. The summed E-state index contributed by atoms with van der Waals surface area (Å²) in [4.78, 5) is 0. The summed E-state index contributed by atoms with van der Waals surface area (Å²) in [6.45, 7) is 0. The highest BCUT2D eigenvalue weighted by atomic mass is 79.9. The first kappa shape index (κ1) is 12.8. The van der Waals surface area contributed by atoms with Gasteiger partial charge < -0.3 is 10.5 Å². The summed E-state index contributed by atoms with van der Waals surface area (Å²) in [5, 5.41) is 0. The topological polar surface area (TPSA) is 35.2 Å². The molecule has 1 aliphatic rings. The zero-order valence-corrected chi connectivity index (χ0v) is 11.5. The van der Waals surface area contributed by atoms with Gasteiger partial charge in [0.25, 0.3) is 0 Å². The molecule has 0 saturated heterocycles.